The van der Waals surface area contributed by atoms with Crippen molar-refractivity contribution in [3.05, 3.63) is 122 Å². The number of aliphatic carboxylic acids is 1. The van der Waals surface area contributed by atoms with E-state index in [0.29, 0.717) is 17.4 Å². The summed E-state index contributed by atoms with van der Waals surface area (Å²) in [7, 11) is 5.94. The molecule has 0 aromatic rings. The number of hydrogen-bond acceptors (Lipinski definition) is 7. The summed E-state index contributed by atoms with van der Waals surface area (Å²) in [5.41, 5.74) is 0. The maximum absolute atomic E-state index is 12.9. The molecular weight excluding hydrogens is 899 g/mol. The topological polar surface area (TPSA) is 108 Å². The number of rotatable bonds is 50. The number of unbranched alkanes of at least 4 members (excludes halogenated alkanes) is 15. The molecule has 2 atom stereocenters. The molecule has 0 bridgehead atoms. The second-order valence-corrected chi connectivity index (χ2v) is 19.5. The van der Waals surface area contributed by atoms with Crippen molar-refractivity contribution < 1.29 is 42.9 Å². The predicted molar refractivity (Wildman–Crippen MR) is 304 cm³/mol. The molecule has 72 heavy (non-hydrogen) atoms. The van der Waals surface area contributed by atoms with Gasteiger partial charge in [0, 0.05) is 12.8 Å². The van der Waals surface area contributed by atoms with Crippen molar-refractivity contribution in [3.63, 3.8) is 0 Å². The number of nitrogens with zero attached hydrogens (tertiary/aromatic N) is 1. The molecule has 2 unspecified atom stereocenters. The van der Waals surface area contributed by atoms with Crippen molar-refractivity contribution in [1.29, 1.82) is 0 Å². The molecule has 0 aromatic carbocycles. The first-order chi connectivity index (χ1) is 35.1. The molecule has 0 spiro atoms. The van der Waals surface area contributed by atoms with Crippen molar-refractivity contribution >= 4 is 17.9 Å². The zero-order valence-corrected chi connectivity index (χ0v) is 46.3. The Morgan fingerprint density at radius 2 is 0.792 bits per heavy atom. The summed E-state index contributed by atoms with van der Waals surface area (Å²) < 4.78 is 22.8. The van der Waals surface area contributed by atoms with Gasteiger partial charge in [-0.1, -0.05) is 200 Å². The normalized spacial score (nSPS) is 13.7. The lowest BCUT2D eigenvalue weighted by Gasteiger charge is -2.25. The van der Waals surface area contributed by atoms with Crippen LogP contribution in [0.25, 0.3) is 0 Å². The first-order valence-electron chi connectivity index (χ1n) is 28.2. The molecule has 0 saturated carbocycles. The number of carbonyl (C=O) groups is 3. The van der Waals surface area contributed by atoms with Gasteiger partial charge in [-0.15, -0.1) is 0 Å². The van der Waals surface area contributed by atoms with E-state index in [4.69, 9.17) is 18.9 Å². The van der Waals surface area contributed by atoms with Crippen molar-refractivity contribution in [3.8, 4) is 0 Å². The third-order valence-corrected chi connectivity index (χ3v) is 11.5. The molecule has 408 valence electrons. The molecule has 1 N–H and O–H groups in total. The Bertz CT molecular complexity index is 1590. The molecule has 0 fully saturated rings. The Labute approximate surface area is 440 Å². The molecule has 9 nitrogen and oxygen atoms in total. The van der Waals surface area contributed by atoms with Crippen molar-refractivity contribution in [2.24, 2.45) is 0 Å². The van der Waals surface area contributed by atoms with Crippen LogP contribution in [0, 0.1) is 0 Å². The van der Waals surface area contributed by atoms with Gasteiger partial charge in [0.25, 0.3) is 6.29 Å². The van der Waals surface area contributed by atoms with E-state index in [-0.39, 0.29) is 38.6 Å². The third-order valence-electron chi connectivity index (χ3n) is 11.5. The number of hydrogen-bond donors (Lipinski definition) is 1. The zero-order valence-electron chi connectivity index (χ0n) is 46.3. The second-order valence-electron chi connectivity index (χ2n) is 19.5. The van der Waals surface area contributed by atoms with Gasteiger partial charge in [-0.3, -0.25) is 9.59 Å². The highest BCUT2D eigenvalue weighted by Crippen LogP contribution is 2.13. The summed E-state index contributed by atoms with van der Waals surface area (Å²) in [5, 5.41) is 9.69. The van der Waals surface area contributed by atoms with Crippen LogP contribution >= 0.6 is 0 Å². The highest BCUT2D eigenvalue weighted by molar-refractivity contribution is 5.71. The predicted octanol–water partition coefficient (Wildman–Crippen LogP) is 16.5. The molecule has 0 heterocycles. The van der Waals surface area contributed by atoms with Crippen LogP contribution in [0.2, 0.25) is 0 Å². The zero-order chi connectivity index (χ0) is 52.7. The van der Waals surface area contributed by atoms with Crippen LogP contribution in [-0.2, 0) is 33.3 Å². The summed E-state index contributed by atoms with van der Waals surface area (Å²) in [6.07, 6.45) is 71.2. The summed E-state index contributed by atoms with van der Waals surface area (Å²) in [5.74, 6) is -2.06. The molecule has 0 radical (unpaired) electrons. The number of carboxylic acids is 1. The van der Waals surface area contributed by atoms with Crippen LogP contribution in [0.5, 0.6) is 0 Å². The molecular formula is C63H104NO8+. The Morgan fingerprint density at radius 3 is 1.18 bits per heavy atom. The van der Waals surface area contributed by atoms with E-state index in [1.54, 1.807) is 0 Å². The first-order valence-corrected chi connectivity index (χ1v) is 28.2. The Hall–Kier alpha value is -4.31. The minimum atomic E-state index is -1.53. The molecule has 0 aliphatic heterocycles. The monoisotopic (exact) mass is 1000 g/mol. The van der Waals surface area contributed by atoms with Gasteiger partial charge in [-0.2, -0.15) is 0 Å². The van der Waals surface area contributed by atoms with E-state index in [1.165, 1.54) is 32.1 Å². The molecule has 0 saturated heterocycles. The number of esters is 2. The van der Waals surface area contributed by atoms with Gasteiger partial charge in [0.05, 0.1) is 34.4 Å². The molecule has 0 rings (SSSR count). The lowest BCUT2D eigenvalue weighted by molar-refractivity contribution is -0.870. The number of ether oxygens (including phenoxy) is 4. The van der Waals surface area contributed by atoms with E-state index in [9.17, 15) is 19.5 Å². The largest absolute Gasteiger partial charge is 0.477 e. The van der Waals surface area contributed by atoms with Crippen LogP contribution in [0.15, 0.2) is 122 Å². The minimum Gasteiger partial charge on any atom is -0.477 e. The van der Waals surface area contributed by atoms with Crippen LogP contribution in [0.4, 0.5) is 0 Å². The minimum absolute atomic E-state index is 0.175. The van der Waals surface area contributed by atoms with Crippen molar-refractivity contribution in [2.45, 2.75) is 212 Å². The standard InChI is InChI=1S/C63H103NO8/c1-6-8-10-12-14-16-18-20-22-24-25-26-27-28-29-30-31-32-33-34-35-36-37-38-40-42-44-46-48-50-52-54-61(66)72-59(58-71-63(62(67)68)69-56-55-64(3,4)5)57-70-60(65)53-51-49-47-45-43-41-39-23-21-19-17-15-13-11-9-7-2/h8,10,14,16-17,19-20,22-23,25-26,28-29,31-32,34-35,37-39,59,63H,6-7,9,11-13,15,18,21,24,27,30,33,36,40-58H2,1-5H3/p+1/b10-8-,16-14-,19-17-,22-20-,26-25-,29-28-,32-31-,35-34-,38-37-,39-23-. The van der Waals surface area contributed by atoms with Gasteiger partial charge in [0.1, 0.15) is 13.2 Å². The van der Waals surface area contributed by atoms with Crippen LogP contribution in [0.3, 0.4) is 0 Å². The lowest BCUT2D eigenvalue weighted by atomic mass is 10.1. The Kier molecular flexibility index (Phi) is 49.8. The lowest BCUT2D eigenvalue weighted by Crippen LogP contribution is -2.40. The number of quaternary nitrogens is 1. The third kappa shape index (κ3) is 53.5. The fourth-order valence-corrected chi connectivity index (χ4v) is 7.12. The van der Waals surface area contributed by atoms with Gasteiger partial charge in [-0.25, -0.2) is 4.79 Å². The van der Waals surface area contributed by atoms with Crippen molar-refractivity contribution in [2.75, 3.05) is 47.5 Å². The summed E-state index contributed by atoms with van der Waals surface area (Å²) in [6.45, 7) is 4.69. The van der Waals surface area contributed by atoms with E-state index < -0.39 is 24.3 Å². The fraction of sp³-hybridized carbons (Fsp3) is 0.635. The van der Waals surface area contributed by atoms with Crippen LogP contribution in [-0.4, -0.2) is 87.4 Å². The summed E-state index contributed by atoms with van der Waals surface area (Å²) in [4.78, 5) is 37.4. The van der Waals surface area contributed by atoms with E-state index in [2.05, 4.69) is 135 Å². The Balaban J connectivity index is 4.34. The Morgan fingerprint density at radius 1 is 0.431 bits per heavy atom. The average Bonchev–Trinajstić information content (AvgIpc) is 3.35. The first kappa shape index (κ1) is 67.7. The van der Waals surface area contributed by atoms with Gasteiger partial charge < -0.3 is 28.5 Å². The number of likely N-dealkylation sites (N-methyl/N-ethyl adjacent to an activating group) is 1. The number of carbonyl (C=O) groups excluding carboxylic acids is 2. The summed E-state index contributed by atoms with van der Waals surface area (Å²) >= 11 is 0. The smallest absolute Gasteiger partial charge is 0.361 e. The maximum atomic E-state index is 12.9. The quantitative estimate of drug-likeness (QED) is 0.0211. The van der Waals surface area contributed by atoms with Gasteiger partial charge in [0.2, 0.25) is 0 Å². The molecule has 0 amide bonds. The molecule has 0 aromatic heterocycles. The SMILES string of the molecule is CC/C=C\C/C=C\C/C=C\C/C=C\C/C=C\C/C=C\C/C=C\C/C=C\CCCCCCCCC(=O)OC(COC(=O)CCCCCCC/C=C\C/C=C\CCCCCC)COC(OCC[N+](C)(C)C)C(=O)O. The molecule has 0 aliphatic carbocycles. The van der Waals surface area contributed by atoms with E-state index in [0.717, 1.165) is 135 Å². The average molecular weight is 1000 g/mol. The van der Waals surface area contributed by atoms with Crippen LogP contribution in [0.1, 0.15) is 200 Å². The molecule has 0 aliphatic rings. The summed E-state index contributed by atoms with van der Waals surface area (Å²) in [6, 6.07) is 0. The van der Waals surface area contributed by atoms with Crippen molar-refractivity contribution in [1.82, 2.24) is 0 Å². The number of allylic oxidation sites excluding steroid dienone is 20. The second kappa shape index (κ2) is 53.0. The highest BCUT2D eigenvalue weighted by atomic mass is 16.7. The highest BCUT2D eigenvalue weighted by Gasteiger charge is 2.25. The van der Waals surface area contributed by atoms with Gasteiger partial charge in [0.15, 0.2) is 6.10 Å². The van der Waals surface area contributed by atoms with E-state index in [1.807, 2.05) is 21.1 Å². The molecule has 9 heteroatoms. The van der Waals surface area contributed by atoms with E-state index >= 15 is 0 Å². The van der Waals surface area contributed by atoms with Gasteiger partial charge >= 0.3 is 17.9 Å². The number of carboxylic acid groups (broad SMARTS) is 1. The van der Waals surface area contributed by atoms with Gasteiger partial charge in [-0.05, 0) is 109 Å². The van der Waals surface area contributed by atoms with Crippen LogP contribution < -0.4 is 0 Å². The fourth-order valence-electron chi connectivity index (χ4n) is 7.12. The maximum Gasteiger partial charge on any atom is 0.361 e.